The molecule has 0 aliphatic rings. The molecule has 1 heterocycles. The lowest BCUT2D eigenvalue weighted by molar-refractivity contribution is 0.405. The van der Waals surface area contributed by atoms with Gasteiger partial charge in [-0.25, -0.2) is 0 Å². The van der Waals surface area contributed by atoms with Crippen molar-refractivity contribution in [3.05, 3.63) is 51.2 Å². The molecule has 0 spiro atoms. The van der Waals surface area contributed by atoms with Crippen molar-refractivity contribution in [1.82, 2.24) is 5.32 Å². The Kier molecular flexibility index (Phi) is 4.05. The molecular formula is C13H14ClNOS. The quantitative estimate of drug-likeness (QED) is 0.912. The van der Waals surface area contributed by atoms with Gasteiger partial charge in [-0.2, -0.15) is 0 Å². The molecule has 0 aliphatic heterocycles. The Hall–Kier alpha value is -1.03. The van der Waals surface area contributed by atoms with Crippen LogP contribution in [-0.2, 0) is 0 Å². The van der Waals surface area contributed by atoms with Gasteiger partial charge in [-0.15, -0.1) is 11.3 Å². The molecule has 0 fully saturated rings. The van der Waals surface area contributed by atoms with Crippen molar-refractivity contribution in [2.75, 3.05) is 14.2 Å². The second-order valence-electron chi connectivity index (χ2n) is 3.61. The number of methoxy groups -OCH3 is 1. The monoisotopic (exact) mass is 267 g/mol. The van der Waals surface area contributed by atoms with E-state index in [9.17, 15) is 0 Å². The van der Waals surface area contributed by atoms with Crippen molar-refractivity contribution >= 4 is 22.9 Å². The van der Waals surface area contributed by atoms with Crippen LogP contribution in [0, 0.1) is 0 Å². The Balaban J connectivity index is 2.41. The van der Waals surface area contributed by atoms with Crippen LogP contribution in [-0.4, -0.2) is 14.2 Å². The van der Waals surface area contributed by atoms with E-state index >= 15 is 0 Å². The molecule has 90 valence electrons. The van der Waals surface area contributed by atoms with E-state index in [1.807, 2.05) is 37.4 Å². The third-order valence-electron chi connectivity index (χ3n) is 2.62. The summed E-state index contributed by atoms with van der Waals surface area (Å²) in [7, 11) is 3.62. The van der Waals surface area contributed by atoms with Gasteiger partial charge in [-0.1, -0.05) is 29.8 Å². The first-order valence-electron chi connectivity index (χ1n) is 5.31. The Morgan fingerprint density at radius 3 is 2.59 bits per heavy atom. The summed E-state index contributed by atoms with van der Waals surface area (Å²) in [5, 5.41) is 3.29. The second-order valence-corrected chi connectivity index (χ2v) is 5.35. The van der Waals surface area contributed by atoms with Gasteiger partial charge in [0.2, 0.25) is 0 Å². The van der Waals surface area contributed by atoms with E-state index in [-0.39, 0.29) is 6.04 Å². The minimum Gasteiger partial charge on any atom is -0.496 e. The number of hydrogen-bond acceptors (Lipinski definition) is 3. The van der Waals surface area contributed by atoms with Crippen LogP contribution < -0.4 is 10.1 Å². The van der Waals surface area contributed by atoms with Gasteiger partial charge in [0.05, 0.1) is 17.5 Å². The molecular weight excluding hydrogens is 254 g/mol. The zero-order valence-corrected chi connectivity index (χ0v) is 11.3. The predicted molar refractivity (Wildman–Crippen MR) is 73.2 cm³/mol. The van der Waals surface area contributed by atoms with Crippen LogP contribution in [0.5, 0.6) is 5.75 Å². The highest BCUT2D eigenvalue weighted by Gasteiger charge is 2.17. The maximum atomic E-state index is 5.98. The molecule has 1 N–H and O–H groups in total. The molecule has 1 aromatic carbocycles. The van der Waals surface area contributed by atoms with E-state index in [0.717, 1.165) is 15.6 Å². The van der Waals surface area contributed by atoms with Crippen molar-refractivity contribution < 1.29 is 4.74 Å². The SMILES string of the molecule is CNC(c1ccc(Cl)s1)c1ccccc1OC. The van der Waals surface area contributed by atoms with Crippen molar-refractivity contribution in [1.29, 1.82) is 0 Å². The summed E-state index contributed by atoms with van der Waals surface area (Å²) >= 11 is 7.56. The number of hydrogen-bond donors (Lipinski definition) is 1. The molecule has 0 saturated carbocycles. The van der Waals surface area contributed by atoms with Crippen molar-refractivity contribution in [2.45, 2.75) is 6.04 Å². The first-order valence-corrected chi connectivity index (χ1v) is 6.51. The van der Waals surface area contributed by atoms with Gasteiger partial charge < -0.3 is 10.1 Å². The number of ether oxygens (including phenoxy) is 1. The average molecular weight is 268 g/mol. The molecule has 2 rings (SSSR count). The smallest absolute Gasteiger partial charge is 0.124 e. The lowest BCUT2D eigenvalue weighted by Gasteiger charge is -2.17. The third-order valence-corrected chi connectivity index (χ3v) is 3.91. The molecule has 0 bridgehead atoms. The standard InChI is InChI=1S/C13H14ClNOS/c1-15-13(11-7-8-12(14)17-11)9-5-3-4-6-10(9)16-2/h3-8,13,15H,1-2H3. The van der Waals surface area contributed by atoms with E-state index in [1.54, 1.807) is 18.4 Å². The highest BCUT2D eigenvalue weighted by Crippen LogP contribution is 2.34. The summed E-state index contributed by atoms with van der Waals surface area (Å²) in [6, 6.07) is 12.1. The highest BCUT2D eigenvalue weighted by molar-refractivity contribution is 7.16. The molecule has 4 heteroatoms. The molecule has 0 saturated heterocycles. The largest absolute Gasteiger partial charge is 0.496 e. The van der Waals surface area contributed by atoms with Crippen molar-refractivity contribution in [2.24, 2.45) is 0 Å². The first kappa shape index (κ1) is 12.4. The molecule has 1 unspecified atom stereocenters. The van der Waals surface area contributed by atoms with Gasteiger partial charge in [-0.05, 0) is 25.2 Å². The van der Waals surface area contributed by atoms with Gasteiger partial charge in [0.1, 0.15) is 5.75 Å². The molecule has 1 atom stereocenters. The lowest BCUT2D eigenvalue weighted by Crippen LogP contribution is -2.17. The van der Waals surface area contributed by atoms with E-state index in [1.165, 1.54) is 4.88 Å². The summed E-state index contributed by atoms with van der Waals surface area (Å²) in [5.41, 5.74) is 1.12. The minimum absolute atomic E-state index is 0.114. The van der Waals surface area contributed by atoms with Crippen LogP contribution in [0.4, 0.5) is 0 Å². The van der Waals surface area contributed by atoms with Gasteiger partial charge in [0, 0.05) is 10.4 Å². The Morgan fingerprint density at radius 1 is 1.24 bits per heavy atom. The Labute approximate surface area is 110 Å². The predicted octanol–water partition coefficient (Wildman–Crippen LogP) is 3.72. The normalized spacial score (nSPS) is 12.4. The topological polar surface area (TPSA) is 21.3 Å². The first-order chi connectivity index (χ1) is 8.26. The molecule has 0 radical (unpaired) electrons. The molecule has 2 nitrogen and oxygen atoms in total. The van der Waals surface area contributed by atoms with Gasteiger partial charge in [0.25, 0.3) is 0 Å². The van der Waals surface area contributed by atoms with Crippen LogP contribution in [0.1, 0.15) is 16.5 Å². The fraction of sp³-hybridized carbons (Fsp3) is 0.231. The number of para-hydroxylation sites is 1. The Bertz CT molecular complexity index is 498. The average Bonchev–Trinajstić information content (AvgIpc) is 2.77. The number of rotatable bonds is 4. The van der Waals surface area contributed by atoms with Crippen LogP contribution in [0.15, 0.2) is 36.4 Å². The highest BCUT2D eigenvalue weighted by atomic mass is 35.5. The number of benzene rings is 1. The maximum absolute atomic E-state index is 5.98. The fourth-order valence-corrected chi connectivity index (χ4v) is 3.03. The number of halogens is 1. The lowest BCUT2D eigenvalue weighted by atomic mass is 10.0. The van der Waals surface area contributed by atoms with Gasteiger partial charge in [0.15, 0.2) is 0 Å². The van der Waals surface area contributed by atoms with Gasteiger partial charge >= 0.3 is 0 Å². The van der Waals surface area contributed by atoms with Crippen LogP contribution in [0.2, 0.25) is 4.34 Å². The molecule has 0 aliphatic carbocycles. The van der Waals surface area contributed by atoms with Crippen LogP contribution in [0.25, 0.3) is 0 Å². The zero-order valence-electron chi connectivity index (χ0n) is 9.74. The van der Waals surface area contributed by atoms with Crippen LogP contribution >= 0.6 is 22.9 Å². The molecule has 1 aromatic heterocycles. The van der Waals surface area contributed by atoms with Gasteiger partial charge in [-0.3, -0.25) is 0 Å². The maximum Gasteiger partial charge on any atom is 0.124 e. The zero-order chi connectivity index (χ0) is 12.3. The van der Waals surface area contributed by atoms with Crippen molar-refractivity contribution in [3.8, 4) is 5.75 Å². The number of thiophene rings is 1. The Morgan fingerprint density at radius 2 is 2.00 bits per heavy atom. The summed E-state index contributed by atoms with van der Waals surface area (Å²) in [5.74, 6) is 0.886. The summed E-state index contributed by atoms with van der Waals surface area (Å²) in [6.45, 7) is 0. The summed E-state index contributed by atoms with van der Waals surface area (Å²) in [4.78, 5) is 1.18. The van der Waals surface area contributed by atoms with E-state index < -0.39 is 0 Å². The summed E-state index contributed by atoms with van der Waals surface area (Å²) in [6.07, 6.45) is 0. The van der Waals surface area contributed by atoms with E-state index in [2.05, 4.69) is 11.4 Å². The fourth-order valence-electron chi connectivity index (χ4n) is 1.84. The van der Waals surface area contributed by atoms with E-state index in [0.29, 0.717) is 0 Å². The second kappa shape index (κ2) is 5.54. The third kappa shape index (κ3) is 2.63. The summed E-state index contributed by atoms with van der Waals surface area (Å²) < 4.78 is 6.19. The van der Waals surface area contributed by atoms with E-state index in [4.69, 9.17) is 16.3 Å². The minimum atomic E-state index is 0.114. The van der Waals surface area contributed by atoms with Crippen LogP contribution in [0.3, 0.4) is 0 Å². The molecule has 17 heavy (non-hydrogen) atoms. The van der Waals surface area contributed by atoms with Crippen molar-refractivity contribution in [3.63, 3.8) is 0 Å². The molecule has 2 aromatic rings. The number of nitrogens with one attached hydrogen (secondary N) is 1. The molecule has 0 amide bonds.